The van der Waals surface area contributed by atoms with Crippen LogP contribution in [0.25, 0.3) is 0 Å². The number of fused-ring (bicyclic) bond motifs is 8. The van der Waals surface area contributed by atoms with E-state index < -0.39 is 11.0 Å². The molecule has 1 N–H and O–H groups in total. The van der Waals surface area contributed by atoms with E-state index in [4.69, 9.17) is 9.47 Å². The maximum Gasteiger partial charge on any atom is 0.317 e. The molecule has 2 aromatic rings. The summed E-state index contributed by atoms with van der Waals surface area (Å²) in [6.45, 7) is 1.34. The highest BCUT2D eigenvalue weighted by Gasteiger charge is 2.76. The average Bonchev–Trinajstić information content (AvgIpc) is 3.30. The van der Waals surface area contributed by atoms with Gasteiger partial charge in [0.1, 0.15) is 11.0 Å². The number of methoxy groups -OCH3 is 1. The molecule has 0 aromatic heterocycles. The Hall–Kier alpha value is -2.17. The molecule has 5 rings (SSSR count). The quantitative estimate of drug-likeness (QED) is 0.863. The molecule has 2 aromatic carbocycles. The second-order valence-electron chi connectivity index (χ2n) is 6.87. The SMILES string of the molecule is COC(=O)[C@]12CNC[C@H]1[C@@H]1O[C@@]2(c2ccccc2)c2ccccc21. The van der Waals surface area contributed by atoms with Crippen LogP contribution in [-0.2, 0) is 19.9 Å². The third kappa shape index (κ3) is 1.36. The molecule has 0 saturated carbocycles. The molecule has 4 nitrogen and oxygen atoms in total. The normalized spacial score (nSPS) is 35.5. The molecule has 0 spiro atoms. The Morgan fingerprint density at radius 1 is 1.17 bits per heavy atom. The summed E-state index contributed by atoms with van der Waals surface area (Å²) in [6, 6.07) is 18.4. The van der Waals surface area contributed by atoms with Gasteiger partial charge in [-0.15, -0.1) is 0 Å². The fourth-order valence-electron chi connectivity index (χ4n) is 5.21. The first-order chi connectivity index (χ1) is 11.8. The fraction of sp³-hybridized carbons (Fsp3) is 0.350. The fourth-order valence-corrected chi connectivity index (χ4v) is 5.21. The van der Waals surface area contributed by atoms with E-state index in [0.29, 0.717) is 6.54 Å². The molecule has 122 valence electrons. The van der Waals surface area contributed by atoms with Crippen LogP contribution in [0.1, 0.15) is 22.8 Å². The van der Waals surface area contributed by atoms with Gasteiger partial charge in [-0.1, -0.05) is 54.6 Å². The number of nitrogens with one attached hydrogen (secondary N) is 1. The summed E-state index contributed by atoms with van der Waals surface area (Å²) in [6.07, 6.45) is -0.0736. The molecular formula is C20H19NO3. The van der Waals surface area contributed by atoms with Crippen molar-refractivity contribution in [3.05, 3.63) is 71.3 Å². The number of ether oxygens (including phenoxy) is 2. The largest absolute Gasteiger partial charge is 0.468 e. The van der Waals surface area contributed by atoms with Crippen molar-refractivity contribution >= 4 is 5.97 Å². The minimum absolute atomic E-state index is 0.0736. The van der Waals surface area contributed by atoms with Crippen LogP contribution in [0.15, 0.2) is 54.6 Å². The highest BCUT2D eigenvalue weighted by atomic mass is 16.5. The zero-order valence-corrected chi connectivity index (χ0v) is 13.5. The van der Waals surface area contributed by atoms with Gasteiger partial charge in [-0.2, -0.15) is 0 Å². The average molecular weight is 321 g/mol. The maximum absolute atomic E-state index is 13.1. The van der Waals surface area contributed by atoms with E-state index >= 15 is 0 Å². The molecule has 3 aliphatic heterocycles. The van der Waals surface area contributed by atoms with Crippen LogP contribution in [0, 0.1) is 11.3 Å². The topological polar surface area (TPSA) is 47.6 Å². The Balaban J connectivity index is 1.86. The Kier molecular flexibility index (Phi) is 2.77. The standard InChI is InChI=1S/C20H19NO3/c1-23-18(22)19-12-21-11-16(19)17-14-9-5-6-10-15(14)20(19,24-17)13-7-3-2-4-8-13/h2-10,16-17,21H,11-12H2,1H3/t16-,17+,19-,20-/m0/s1. The summed E-state index contributed by atoms with van der Waals surface area (Å²) in [7, 11) is 1.48. The van der Waals surface area contributed by atoms with E-state index in [9.17, 15) is 4.79 Å². The molecule has 0 aliphatic carbocycles. The first kappa shape index (κ1) is 14.2. The second-order valence-corrected chi connectivity index (χ2v) is 6.87. The van der Waals surface area contributed by atoms with Gasteiger partial charge in [0.2, 0.25) is 0 Å². The molecule has 0 unspecified atom stereocenters. The van der Waals surface area contributed by atoms with E-state index in [1.54, 1.807) is 0 Å². The lowest BCUT2D eigenvalue weighted by Crippen LogP contribution is -2.54. The first-order valence-corrected chi connectivity index (χ1v) is 8.37. The van der Waals surface area contributed by atoms with Gasteiger partial charge in [0.15, 0.2) is 0 Å². The zero-order chi connectivity index (χ0) is 16.4. The molecule has 24 heavy (non-hydrogen) atoms. The molecule has 2 fully saturated rings. The third-order valence-corrected chi connectivity index (χ3v) is 6.08. The van der Waals surface area contributed by atoms with Gasteiger partial charge in [-0.05, 0) is 16.7 Å². The lowest BCUT2D eigenvalue weighted by atomic mass is 9.57. The van der Waals surface area contributed by atoms with Gasteiger partial charge >= 0.3 is 5.97 Å². The van der Waals surface area contributed by atoms with Crippen molar-refractivity contribution in [3.8, 4) is 0 Å². The Bertz CT molecular complexity index is 821. The number of hydrogen-bond acceptors (Lipinski definition) is 4. The monoisotopic (exact) mass is 321 g/mol. The summed E-state index contributed by atoms with van der Waals surface area (Å²) in [4.78, 5) is 13.1. The maximum atomic E-state index is 13.1. The van der Waals surface area contributed by atoms with E-state index in [0.717, 1.165) is 17.7 Å². The molecule has 4 atom stereocenters. The minimum atomic E-state index is -0.781. The van der Waals surface area contributed by atoms with Gasteiger partial charge in [-0.3, -0.25) is 4.79 Å². The van der Waals surface area contributed by atoms with Crippen molar-refractivity contribution in [1.29, 1.82) is 0 Å². The van der Waals surface area contributed by atoms with Gasteiger partial charge in [0.05, 0.1) is 13.2 Å². The number of carbonyl (C=O) groups is 1. The summed E-state index contributed by atoms with van der Waals surface area (Å²) in [5, 5.41) is 3.43. The zero-order valence-electron chi connectivity index (χ0n) is 13.5. The predicted octanol–water partition coefficient (Wildman–Crippen LogP) is 2.39. The van der Waals surface area contributed by atoms with E-state index in [2.05, 4.69) is 29.6 Å². The van der Waals surface area contributed by atoms with Crippen LogP contribution >= 0.6 is 0 Å². The highest BCUT2D eigenvalue weighted by molar-refractivity contribution is 5.83. The van der Waals surface area contributed by atoms with E-state index in [-0.39, 0.29) is 18.0 Å². The summed E-state index contributed by atoms with van der Waals surface area (Å²) < 4.78 is 12.0. The number of carbonyl (C=O) groups excluding carboxylic acids is 1. The van der Waals surface area contributed by atoms with Crippen molar-refractivity contribution in [3.63, 3.8) is 0 Å². The second kappa shape index (κ2) is 4.68. The van der Waals surface area contributed by atoms with E-state index in [1.807, 2.05) is 30.3 Å². The summed E-state index contributed by atoms with van der Waals surface area (Å²) in [5.74, 6) is -0.0987. The van der Waals surface area contributed by atoms with E-state index in [1.165, 1.54) is 12.7 Å². The molecule has 3 aliphatic rings. The van der Waals surface area contributed by atoms with Crippen molar-refractivity contribution in [2.24, 2.45) is 11.3 Å². The van der Waals surface area contributed by atoms with Crippen LogP contribution in [-0.4, -0.2) is 26.2 Å². The van der Waals surface area contributed by atoms with Crippen molar-refractivity contribution < 1.29 is 14.3 Å². The third-order valence-electron chi connectivity index (χ3n) is 6.08. The van der Waals surface area contributed by atoms with Crippen molar-refractivity contribution in [2.75, 3.05) is 20.2 Å². The number of benzene rings is 2. The van der Waals surface area contributed by atoms with Gasteiger partial charge in [0.25, 0.3) is 0 Å². The van der Waals surface area contributed by atoms with Crippen molar-refractivity contribution in [2.45, 2.75) is 11.7 Å². The first-order valence-electron chi connectivity index (χ1n) is 8.37. The Labute approximate surface area is 140 Å². The molecule has 2 saturated heterocycles. The molecule has 0 radical (unpaired) electrons. The summed E-state index contributed by atoms with van der Waals surface area (Å²) in [5.41, 5.74) is 1.83. The predicted molar refractivity (Wildman–Crippen MR) is 88.3 cm³/mol. The Morgan fingerprint density at radius 2 is 1.92 bits per heavy atom. The Morgan fingerprint density at radius 3 is 2.71 bits per heavy atom. The molecule has 0 amide bonds. The van der Waals surface area contributed by atoms with Gasteiger partial charge < -0.3 is 14.8 Å². The van der Waals surface area contributed by atoms with Crippen LogP contribution in [0.4, 0.5) is 0 Å². The molecule has 4 heteroatoms. The summed E-state index contributed by atoms with van der Waals surface area (Å²) >= 11 is 0. The van der Waals surface area contributed by atoms with Crippen molar-refractivity contribution in [1.82, 2.24) is 5.32 Å². The smallest absolute Gasteiger partial charge is 0.317 e. The molecule has 2 bridgehead atoms. The van der Waals surface area contributed by atoms with Crippen LogP contribution in [0.2, 0.25) is 0 Å². The van der Waals surface area contributed by atoms with Gasteiger partial charge in [0, 0.05) is 19.0 Å². The van der Waals surface area contributed by atoms with Crippen LogP contribution < -0.4 is 5.32 Å². The lowest BCUT2D eigenvalue weighted by molar-refractivity contribution is -0.162. The van der Waals surface area contributed by atoms with Gasteiger partial charge in [-0.25, -0.2) is 0 Å². The number of hydrogen-bond donors (Lipinski definition) is 1. The minimum Gasteiger partial charge on any atom is -0.468 e. The molecule has 3 heterocycles. The lowest BCUT2D eigenvalue weighted by Gasteiger charge is -2.43. The van der Waals surface area contributed by atoms with Crippen LogP contribution in [0.5, 0.6) is 0 Å². The van der Waals surface area contributed by atoms with Crippen LogP contribution in [0.3, 0.4) is 0 Å². The number of esters is 1. The highest BCUT2D eigenvalue weighted by Crippen LogP contribution is 2.70. The molecular weight excluding hydrogens is 302 g/mol. The number of rotatable bonds is 2.